The summed E-state index contributed by atoms with van der Waals surface area (Å²) in [6.45, 7) is 3.60. The maximum Gasteiger partial charge on any atom is 0.253 e. The first-order valence-corrected chi connectivity index (χ1v) is 8.54. The molecule has 1 N–H and O–H groups in total. The molecule has 1 aliphatic carbocycles. The van der Waals surface area contributed by atoms with E-state index in [9.17, 15) is 9.59 Å². The second-order valence-electron chi connectivity index (χ2n) is 5.91. The summed E-state index contributed by atoms with van der Waals surface area (Å²) in [5, 5.41) is 2.93. The number of carbonyl (C=O) groups is 2. The van der Waals surface area contributed by atoms with Crippen molar-refractivity contribution in [3.8, 4) is 0 Å². The normalized spacial score (nSPS) is 29.5. The number of amides is 2. The Morgan fingerprint density at radius 1 is 1.29 bits per heavy atom. The molecule has 112 valence electrons. The molecule has 4 nitrogen and oxygen atoms in total. The third kappa shape index (κ3) is 2.42. The highest BCUT2D eigenvalue weighted by Gasteiger charge is 2.55. The van der Waals surface area contributed by atoms with Crippen LogP contribution in [0.2, 0.25) is 0 Å². The molecule has 3 rings (SSSR count). The molecule has 1 heterocycles. The molecule has 1 saturated heterocycles. The molecule has 21 heavy (non-hydrogen) atoms. The van der Waals surface area contributed by atoms with Gasteiger partial charge in [0.05, 0.1) is 5.69 Å². The predicted molar refractivity (Wildman–Crippen MR) is 88.1 cm³/mol. The largest absolute Gasteiger partial charge is 0.340 e. The summed E-state index contributed by atoms with van der Waals surface area (Å²) in [5.41, 5.74) is -0.0479. The maximum absolute atomic E-state index is 13.0. The van der Waals surface area contributed by atoms with Crippen molar-refractivity contribution in [1.29, 1.82) is 0 Å². The Bertz CT molecular complexity index is 630. The Hall–Kier alpha value is -0.880. The van der Waals surface area contributed by atoms with Crippen LogP contribution >= 0.6 is 31.9 Å². The number of hydrogen-bond acceptors (Lipinski definition) is 2. The molecule has 0 bridgehead atoms. The first kappa shape index (κ1) is 15.0. The Balaban J connectivity index is 2.05. The lowest BCUT2D eigenvalue weighted by molar-refractivity contribution is -0.138. The second kappa shape index (κ2) is 5.09. The van der Waals surface area contributed by atoms with Crippen LogP contribution in [0, 0.1) is 5.92 Å². The summed E-state index contributed by atoms with van der Waals surface area (Å²) in [6.07, 6.45) is 1.98. The number of piperazine rings is 1. The summed E-state index contributed by atoms with van der Waals surface area (Å²) in [5.74, 6) is 0.122. The van der Waals surface area contributed by atoms with Crippen molar-refractivity contribution in [2.45, 2.75) is 38.3 Å². The highest BCUT2D eigenvalue weighted by atomic mass is 79.9. The number of benzene rings is 1. The molecular formula is C15H16Br2N2O2. The van der Waals surface area contributed by atoms with E-state index < -0.39 is 11.6 Å². The van der Waals surface area contributed by atoms with Gasteiger partial charge in [-0.25, -0.2) is 0 Å². The van der Waals surface area contributed by atoms with E-state index in [0.717, 1.165) is 27.5 Å². The Kier molecular flexibility index (Phi) is 3.64. The summed E-state index contributed by atoms with van der Waals surface area (Å²) < 4.78 is 1.72. The van der Waals surface area contributed by atoms with E-state index >= 15 is 0 Å². The van der Waals surface area contributed by atoms with Gasteiger partial charge in [0.15, 0.2) is 0 Å². The summed E-state index contributed by atoms with van der Waals surface area (Å²) >= 11 is 6.90. The third-order valence-corrected chi connectivity index (χ3v) is 5.50. The Labute approximate surface area is 140 Å². The topological polar surface area (TPSA) is 49.4 Å². The minimum Gasteiger partial charge on any atom is -0.340 e. The van der Waals surface area contributed by atoms with Crippen LogP contribution in [0.25, 0.3) is 0 Å². The molecule has 0 radical (unpaired) electrons. The summed E-state index contributed by atoms with van der Waals surface area (Å²) in [7, 11) is 0. The number of nitrogens with zero attached hydrogens (tertiary/aromatic N) is 1. The molecule has 0 aromatic heterocycles. The zero-order chi connectivity index (χ0) is 15.4. The first-order valence-electron chi connectivity index (χ1n) is 6.95. The van der Waals surface area contributed by atoms with Crippen LogP contribution in [0.15, 0.2) is 27.1 Å². The van der Waals surface area contributed by atoms with E-state index in [1.165, 1.54) is 0 Å². The smallest absolute Gasteiger partial charge is 0.253 e. The SMILES string of the molecule is CC1C(=O)NC(C)(C2CC2)C(=O)N1c1ccc(Br)cc1Br. The van der Waals surface area contributed by atoms with Crippen LogP contribution in [0.1, 0.15) is 26.7 Å². The van der Waals surface area contributed by atoms with Gasteiger partial charge in [-0.3, -0.25) is 14.5 Å². The molecular weight excluding hydrogens is 400 g/mol. The molecule has 1 aliphatic heterocycles. The molecule has 2 atom stereocenters. The number of rotatable bonds is 2. The van der Waals surface area contributed by atoms with Gasteiger partial charge in [-0.2, -0.15) is 0 Å². The highest BCUT2D eigenvalue weighted by molar-refractivity contribution is 9.11. The molecule has 0 spiro atoms. The van der Waals surface area contributed by atoms with Gasteiger partial charge in [-0.05, 0) is 66.7 Å². The fourth-order valence-electron chi connectivity index (χ4n) is 2.89. The number of hydrogen-bond donors (Lipinski definition) is 1. The van der Waals surface area contributed by atoms with Crippen molar-refractivity contribution in [2.75, 3.05) is 4.90 Å². The lowest BCUT2D eigenvalue weighted by atomic mass is 9.89. The van der Waals surface area contributed by atoms with E-state index in [4.69, 9.17) is 0 Å². The average molecular weight is 416 g/mol. The summed E-state index contributed by atoms with van der Waals surface area (Å²) in [6, 6.07) is 5.10. The van der Waals surface area contributed by atoms with Gasteiger partial charge in [0.2, 0.25) is 5.91 Å². The van der Waals surface area contributed by atoms with Crippen LogP contribution in [-0.4, -0.2) is 23.4 Å². The number of anilines is 1. The van der Waals surface area contributed by atoms with Crippen molar-refractivity contribution >= 4 is 49.4 Å². The molecule has 2 aliphatic rings. The monoisotopic (exact) mass is 414 g/mol. The fraction of sp³-hybridized carbons (Fsp3) is 0.467. The van der Waals surface area contributed by atoms with Crippen molar-refractivity contribution < 1.29 is 9.59 Å². The van der Waals surface area contributed by atoms with Crippen LogP contribution < -0.4 is 10.2 Å². The number of halogens is 2. The molecule has 2 fully saturated rings. The zero-order valence-corrected chi connectivity index (χ0v) is 15.0. The van der Waals surface area contributed by atoms with Gasteiger partial charge in [0.1, 0.15) is 11.6 Å². The Morgan fingerprint density at radius 3 is 2.52 bits per heavy atom. The average Bonchev–Trinajstić information content (AvgIpc) is 3.24. The lowest BCUT2D eigenvalue weighted by Gasteiger charge is -2.43. The quantitative estimate of drug-likeness (QED) is 0.805. The maximum atomic E-state index is 13.0. The van der Waals surface area contributed by atoms with Gasteiger partial charge in [-0.15, -0.1) is 0 Å². The molecule has 1 aromatic rings. The fourth-order valence-corrected chi connectivity index (χ4v) is 4.13. The number of nitrogens with one attached hydrogen (secondary N) is 1. The van der Waals surface area contributed by atoms with Gasteiger partial charge in [0, 0.05) is 8.95 Å². The standard InChI is InChI=1S/C15H16Br2N2O2/c1-8-13(20)18-15(2,9-3-4-9)14(21)19(8)12-6-5-10(16)7-11(12)17/h5-9H,3-4H2,1-2H3,(H,18,20). The third-order valence-electron chi connectivity index (χ3n) is 4.38. The van der Waals surface area contributed by atoms with Crippen LogP contribution in [0.3, 0.4) is 0 Å². The predicted octanol–water partition coefficient (Wildman–Crippen LogP) is 3.23. The lowest BCUT2D eigenvalue weighted by Crippen LogP contribution is -2.70. The van der Waals surface area contributed by atoms with Crippen molar-refractivity contribution in [3.05, 3.63) is 27.1 Å². The summed E-state index contributed by atoms with van der Waals surface area (Å²) in [4.78, 5) is 26.9. The minimum atomic E-state index is -0.782. The zero-order valence-electron chi connectivity index (χ0n) is 11.8. The van der Waals surface area contributed by atoms with E-state index in [-0.39, 0.29) is 17.7 Å². The Morgan fingerprint density at radius 2 is 1.95 bits per heavy atom. The van der Waals surface area contributed by atoms with Crippen LogP contribution in [0.5, 0.6) is 0 Å². The van der Waals surface area contributed by atoms with E-state index in [1.807, 2.05) is 25.1 Å². The van der Waals surface area contributed by atoms with Crippen molar-refractivity contribution in [2.24, 2.45) is 5.92 Å². The van der Waals surface area contributed by atoms with E-state index in [1.54, 1.807) is 11.8 Å². The highest BCUT2D eigenvalue weighted by Crippen LogP contribution is 2.44. The van der Waals surface area contributed by atoms with E-state index in [2.05, 4.69) is 37.2 Å². The first-order chi connectivity index (χ1) is 9.84. The molecule has 1 saturated carbocycles. The minimum absolute atomic E-state index is 0.0277. The van der Waals surface area contributed by atoms with Gasteiger partial charge in [-0.1, -0.05) is 15.9 Å². The van der Waals surface area contributed by atoms with Crippen LogP contribution in [0.4, 0.5) is 5.69 Å². The van der Waals surface area contributed by atoms with Gasteiger partial charge < -0.3 is 5.32 Å². The molecule has 1 aromatic carbocycles. The van der Waals surface area contributed by atoms with Gasteiger partial charge in [0.25, 0.3) is 5.91 Å². The molecule has 6 heteroatoms. The second-order valence-corrected chi connectivity index (χ2v) is 7.68. The molecule has 2 amide bonds. The van der Waals surface area contributed by atoms with Crippen molar-refractivity contribution in [1.82, 2.24) is 5.32 Å². The molecule has 2 unspecified atom stereocenters. The van der Waals surface area contributed by atoms with Crippen LogP contribution in [-0.2, 0) is 9.59 Å². The van der Waals surface area contributed by atoms with Crippen molar-refractivity contribution in [3.63, 3.8) is 0 Å². The number of carbonyl (C=O) groups excluding carboxylic acids is 2. The van der Waals surface area contributed by atoms with Gasteiger partial charge >= 0.3 is 0 Å². The van der Waals surface area contributed by atoms with E-state index in [0.29, 0.717) is 0 Å².